The van der Waals surface area contributed by atoms with E-state index in [9.17, 15) is 4.79 Å². The molecule has 9 heavy (non-hydrogen) atoms. The van der Waals surface area contributed by atoms with Crippen LogP contribution in [-0.2, 0) is 4.79 Å². The van der Waals surface area contributed by atoms with Gasteiger partial charge in [0.15, 0.2) is 0 Å². The van der Waals surface area contributed by atoms with Crippen molar-refractivity contribution in [3.63, 3.8) is 0 Å². The summed E-state index contributed by atoms with van der Waals surface area (Å²) < 4.78 is 0. The quantitative estimate of drug-likeness (QED) is 0.503. The highest BCUT2D eigenvalue weighted by Gasteiger charge is 2.14. The van der Waals surface area contributed by atoms with Gasteiger partial charge in [-0.2, -0.15) is 0 Å². The van der Waals surface area contributed by atoms with Gasteiger partial charge in [-0.25, -0.2) is 0 Å². The van der Waals surface area contributed by atoms with E-state index in [0.717, 1.165) is 32.1 Å². The first kappa shape index (κ1) is 6.26. The van der Waals surface area contributed by atoms with Crippen molar-refractivity contribution in [1.29, 1.82) is 5.41 Å². The van der Waals surface area contributed by atoms with Crippen LogP contribution in [0, 0.1) is 5.41 Å². The molecule has 0 unspecified atom stereocenters. The van der Waals surface area contributed by atoms with Gasteiger partial charge in [0.05, 0.1) is 6.21 Å². The molecular weight excluding hydrogens is 116 g/mol. The zero-order valence-corrected chi connectivity index (χ0v) is 5.26. The monoisotopic (exact) mass is 126 g/mol. The van der Waals surface area contributed by atoms with Crippen LogP contribution in [0.1, 0.15) is 12.8 Å². The summed E-state index contributed by atoms with van der Waals surface area (Å²) in [5.74, 6) is -0.146. The Kier molecular flexibility index (Phi) is 1.82. The standard InChI is InChI=1S/C6H10N2O/c7-5-6(9)8-3-1-2-4-8/h5,7H,1-4H2. The Balaban J connectivity index is 2.41. The molecule has 1 saturated heterocycles. The number of amides is 1. The summed E-state index contributed by atoms with van der Waals surface area (Å²) in [5.41, 5.74) is 0. The molecule has 1 heterocycles. The van der Waals surface area contributed by atoms with Crippen LogP contribution in [0.4, 0.5) is 0 Å². The van der Waals surface area contributed by atoms with Gasteiger partial charge in [-0.05, 0) is 12.8 Å². The van der Waals surface area contributed by atoms with Crippen LogP contribution in [-0.4, -0.2) is 30.1 Å². The first-order chi connectivity index (χ1) is 4.34. The molecule has 1 rings (SSSR count). The van der Waals surface area contributed by atoms with E-state index in [1.807, 2.05) is 0 Å². The number of carbonyl (C=O) groups excluding carboxylic acids is 1. The second kappa shape index (κ2) is 2.62. The molecule has 1 amide bonds. The van der Waals surface area contributed by atoms with E-state index in [1.165, 1.54) is 0 Å². The molecule has 0 aromatic heterocycles. The second-order valence-corrected chi connectivity index (χ2v) is 2.18. The Morgan fingerprint density at radius 3 is 2.44 bits per heavy atom. The van der Waals surface area contributed by atoms with E-state index in [4.69, 9.17) is 5.41 Å². The van der Waals surface area contributed by atoms with Crippen LogP contribution in [0.5, 0.6) is 0 Å². The van der Waals surface area contributed by atoms with Gasteiger partial charge in [-0.3, -0.25) is 4.79 Å². The normalized spacial score (nSPS) is 18.0. The van der Waals surface area contributed by atoms with Gasteiger partial charge < -0.3 is 10.3 Å². The average Bonchev–Trinajstić information content (AvgIpc) is 2.37. The molecule has 0 saturated carbocycles. The van der Waals surface area contributed by atoms with E-state index in [0.29, 0.717) is 0 Å². The number of rotatable bonds is 1. The Morgan fingerprint density at radius 2 is 2.00 bits per heavy atom. The molecule has 0 aromatic carbocycles. The minimum absolute atomic E-state index is 0.146. The molecule has 1 N–H and O–H groups in total. The number of nitrogens with one attached hydrogen (secondary N) is 1. The third-order valence-electron chi connectivity index (χ3n) is 1.54. The molecule has 0 atom stereocenters. The van der Waals surface area contributed by atoms with E-state index in [1.54, 1.807) is 4.90 Å². The summed E-state index contributed by atoms with van der Waals surface area (Å²) in [4.78, 5) is 12.4. The predicted octanol–water partition coefficient (Wildman–Crippen LogP) is 0.258. The highest BCUT2D eigenvalue weighted by atomic mass is 16.2. The van der Waals surface area contributed by atoms with Crippen molar-refractivity contribution in [2.45, 2.75) is 12.8 Å². The minimum atomic E-state index is -0.146. The van der Waals surface area contributed by atoms with Crippen molar-refractivity contribution < 1.29 is 4.79 Å². The smallest absolute Gasteiger partial charge is 0.264 e. The molecular formula is C6H10N2O. The van der Waals surface area contributed by atoms with E-state index < -0.39 is 0 Å². The second-order valence-electron chi connectivity index (χ2n) is 2.18. The fourth-order valence-electron chi connectivity index (χ4n) is 1.03. The van der Waals surface area contributed by atoms with Gasteiger partial charge in [-0.1, -0.05) is 0 Å². The summed E-state index contributed by atoms with van der Waals surface area (Å²) in [6, 6.07) is 0. The van der Waals surface area contributed by atoms with Crippen molar-refractivity contribution in [3.8, 4) is 0 Å². The van der Waals surface area contributed by atoms with Crippen molar-refractivity contribution in [1.82, 2.24) is 4.90 Å². The first-order valence-corrected chi connectivity index (χ1v) is 3.14. The Morgan fingerprint density at radius 1 is 1.44 bits per heavy atom. The number of hydrogen-bond donors (Lipinski definition) is 1. The molecule has 3 nitrogen and oxygen atoms in total. The van der Waals surface area contributed by atoms with Crippen LogP contribution < -0.4 is 0 Å². The van der Waals surface area contributed by atoms with Gasteiger partial charge in [0, 0.05) is 13.1 Å². The third-order valence-corrected chi connectivity index (χ3v) is 1.54. The van der Waals surface area contributed by atoms with Crippen molar-refractivity contribution in [3.05, 3.63) is 0 Å². The lowest BCUT2D eigenvalue weighted by Gasteiger charge is -2.09. The summed E-state index contributed by atoms with van der Waals surface area (Å²) in [6.07, 6.45) is 3.07. The molecule has 1 aliphatic heterocycles. The van der Waals surface area contributed by atoms with Gasteiger partial charge in [0.2, 0.25) is 0 Å². The maximum Gasteiger partial charge on any atom is 0.264 e. The van der Waals surface area contributed by atoms with Crippen molar-refractivity contribution in [2.24, 2.45) is 0 Å². The lowest BCUT2D eigenvalue weighted by Crippen LogP contribution is -2.27. The number of likely N-dealkylation sites (tertiary alicyclic amines) is 1. The fraction of sp³-hybridized carbons (Fsp3) is 0.667. The molecule has 0 bridgehead atoms. The average molecular weight is 126 g/mol. The summed E-state index contributed by atoms with van der Waals surface area (Å²) in [6.45, 7) is 1.68. The summed E-state index contributed by atoms with van der Waals surface area (Å²) in [5, 5.41) is 6.66. The van der Waals surface area contributed by atoms with Crippen LogP contribution in [0.3, 0.4) is 0 Å². The molecule has 0 radical (unpaired) electrons. The van der Waals surface area contributed by atoms with Crippen LogP contribution in [0.25, 0.3) is 0 Å². The first-order valence-electron chi connectivity index (χ1n) is 3.14. The molecule has 0 spiro atoms. The third kappa shape index (κ3) is 1.28. The SMILES string of the molecule is N=CC(=O)N1CCCC1. The van der Waals surface area contributed by atoms with Gasteiger partial charge in [-0.15, -0.1) is 0 Å². The largest absolute Gasteiger partial charge is 0.338 e. The van der Waals surface area contributed by atoms with Gasteiger partial charge in [0.1, 0.15) is 0 Å². The summed E-state index contributed by atoms with van der Waals surface area (Å²) >= 11 is 0. The van der Waals surface area contributed by atoms with E-state index in [-0.39, 0.29) is 5.91 Å². The topological polar surface area (TPSA) is 44.2 Å². The highest BCUT2D eigenvalue weighted by Crippen LogP contribution is 2.05. The van der Waals surface area contributed by atoms with Gasteiger partial charge >= 0.3 is 0 Å². The Bertz CT molecular complexity index is 127. The lowest BCUT2D eigenvalue weighted by atomic mass is 10.4. The van der Waals surface area contributed by atoms with Gasteiger partial charge in [0.25, 0.3) is 5.91 Å². The number of hydrogen-bond acceptors (Lipinski definition) is 2. The maximum absolute atomic E-state index is 10.7. The van der Waals surface area contributed by atoms with Crippen LogP contribution in [0.15, 0.2) is 0 Å². The molecule has 0 aliphatic carbocycles. The Hall–Kier alpha value is -0.860. The Labute approximate surface area is 54.2 Å². The predicted molar refractivity (Wildman–Crippen MR) is 34.6 cm³/mol. The van der Waals surface area contributed by atoms with Crippen molar-refractivity contribution in [2.75, 3.05) is 13.1 Å². The highest BCUT2D eigenvalue weighted by molar-refractivity contribution is 6.24. The fourth-order valence-corrected chi connectivity index (χ4v) is 1.03. The van der Waals surface area contributed by atoms with Crippen LogP contribution in [0.2, 0.25) is 0 Å². The van der Waals surface area contributed by atoms with E-state index in [2.05, 4.69) is 0 Å². The maximum atomic E-state index is 10.7. The molecule has 50 valence electrons. The zero-order chi connectivity index (χ0) is 6.69. The van der Waals surface area contributed by atoms with Crippen LogP contribution >= 0.6 is 0 Å². The number of carbonyl (C=O) groups is 1. The molecule has 1 aliphatic rings. The van der Waals surface area contributed by atoms with Crippen molar-refractivity contribution >= 4 is 12.1 Å². The number of nitrogens with zero attached hydrogens (tertiary/aromatic N) is 1. The summed E-state index contributed by atoms with van der Waals surface area (Å²) in [7, 11) is 0. The minimum Gasteiger partial charge on any atom is -0.338 e. The zero-order valence-electron chi connectivity index (χ0n) is 5.26. The molecule has 1 fully saturated rings. The lowest BCUT2D eigenvalue weighted by molar-refractivity contribution is -0.122. The molecule has 3 heteroatoms. The molecule has 0 aromatic rings. The van der Waals surface area contributed by atoms with E-state index >= 15 is 0 Å².